The molecule has 0 spiro atoms. The van der Waals surface area contributed by atoms with Crippen molar-refractivity contribution in [3.63, 3.8) is 0 Å². The van der Waals surface area contributed by atoms with Crippen LogP contribution in [0.2, 0.25) is 0 Å². The molecule has 0 fully saturated rings. The van der Waals surface area contributed by atoms with Crippen molar-refractivity contribution in [3.8, 4) is 0 Å². The predicted molar refractivity (Wildman–Crippen MR) is 74.3 cm³/mol. The Morgan fingerprint density at radius 1 is 1.67 bits per heavy atom. The average molecular weight is 271 g/mol. The van der Waals surface area contributed by atoms with Gasteiger partial charge in [0.2, 0.25) is 5.96 Å². The standard InChI is InChI=1S/C11H21N5OS/c1-3-17-6-4-5-13-11(15-12)16(2)7-10-8-18-9-14-10/h8-9H,3-7,12H2,1-2H3,(H,13,15). The Bertz CT molecular complexity index is 341. The van der Waals surface area contributed by atoms with Crippen LogP contribution in [0.4, 0.5) is 0 Å². The average Bonchev–Trinajstić information content (AvgIpc) is 2.86. The summed E-state index contributed by atoms with van der Waals surface area (Å²) in [5, 5.41) is 2.01. The van der Waals surface area contributed by atoms with Crippen molar-refractivity contribution in [3.05, 3.63) is 16.6 Å². The maximum absolute atomic E-state index is 5.47. The fraction of sp³-hybridized carbons (Fsp3) is 0.636. The number of hydrazine groups is 1. The summed E-state index contributed by atoms with van der Waals surface area (Å²) in [5.74, 6) is 6.14. The van der Waals surface area contributed by atoms with Gasteiger partial charge in [0.15, 0.2) is 0 Å². The maximum Gasteiger partial charge on any atom is 0.208 e. The van der Waals surface area contributed by atoms with Crippen molar-refractivity contribution in [1.82, 2.24) is 15.3 Å². The Morgan fingerprint density at radius 2 is 2.50 bits per heavy atom. The molecule has 1 heterocycles. The molecule has 1 aromatic rings. The van der Waals surface area contributed by atoms with E-state index in [0.29, 0.717) is 19.0 Å². The number of rotatable bonds is 7. The van der Waals surface area contributed by atoms with E-state index in [0.717, 1.165) is 25.3 Å². The van der Waals surface area contributed by atoms with Crippen LogP contribution >= 0.6 is 11.3 Å². The molecule has 0 saturated carbocycles. The number of nitrogens with zero attached hydrogens (tertiary/aromatic N) is 3. The van der Waals surface area contributed by atoms with Crippen molar-refractivity contribution in [2.75, 3.05) is 26.8 Å². The van der Waals surface area contributed by atoms with Crippen molar-refractivity contribution < 1.29 is 4.74 Å². The van der Waals surface area contributed by atoms with Crippen LogP contribution in [0.5, 0.6) is 0 Å². The zero-order valence-corrected chi connectivity index (χ0v) is 11.7. The first-order valence-corrected chi connectivity index (χ1v) is 6.89. The Morgan fingerprint density at radius 3 is 3.11 bits per heavy atom. The first-order valence-electron chi connectivity index (χ1n) is 5.95. The lowest BCUT2D eigenvalue weighted by Gasteiger charge is -2.19. The van der Waals surface area contributed by atoms with E-state index in [9.17, 15) is 0 Å². The fourth-order valence-electron chi connectivity index (χ4n) is 1.41. The topological polar surface area (TPSA) is 75.8 Å². The summed E-state index contributed by atoms with van der Waals surface area (Å²) in [5.41, 5.74) is 5.45. The van der Waals surface area contributed by atoms with E-state index in [1.807, 2.05) is 29.8 Å². The van der Waals surface area contributed by atoms with Crippen LogP contribution in [-0.2, 0) is 11.3 Å². The molecule has 0 aliphatic rings. The zero-order chi connectivity index (χ0) is 13.2. The van der Waals surface area contributed by atoms with Gasteiger partial charge in [-0.15, -0.1) is 11.3 Å². The van der Waals surface area contributed by atoms with E-state index in [4.69, 9.17) is 10.6 Å². The molecule has 6 nitrogen and oxygen atoms in total. The predicted octanol–water partition coefficient (Wildman–Crippen LogP) is 0.821. The minimum Gasteiger partial charge on any atom is -0.382 e. The molecule has 0 amide bonds. The molecule has 0 saturated heterocycles. The van der Waals surface area contributed by atoms with Crippen LogP contribution in [0.1, 0.15) is 19.0 Å². The maximum atomic E-state index is 5.47. The highest BCUT2D eigenvalue weighted by Crippen LogP contribution is 2.04. The third kappa shape index (κ3) is 5.44. The second-order valence-electron chi connectivity index (χ2n) is 3.74. The number of hydrogen-bond acceptors (Lipinski definition) is 5. The monoisotopic (exact) mass is 271 g/mol. The van der Waals surface area contributed by atoms with E-state index >= 15 is 0 Å². The molecule has 7 heteroatoms. The molecule has 102 valence electrons. The molecule has 3 N–H and O–H groups in total. The van der Waals surface area contributed by atoms with Crippen LogP contribution in [0, 0.1) is 0 Å². The van der Waals surface area contributed by atoms with Gasteiger partial charge in [-0.3, -0.25) is 10.4 Å². The SMILES string of the molecule is CCOCCCN=C(NN)N(C)Cc1cscn1. The van der Waals surface area contributed by atoms with Crippen molar-refractivity contribution in [1.29, 1.82) is 0 Å². The minimum atomic E-state index is 0.666. The summed E-state index contributed by atoms with van der Waals surface area (Å²) in [6.07, 6.45) is 0.892. The van der Waals surface area contributed by atoms with E-state index in [1.165, 1.54) is 0 Å². The molecule has 18 heavy (non-hydrogen) atoms. The van der Waals surface area contributed by atoms with Crippen LogP contribution < -0.4 is 11.3 Å². The van der Waals surface area contributed by atoms with Gasteiger partial charge in [0, 0.05) is 32.2 Å². The molecule has 0 aliphatic carbocycles. The lowest BCUT2D eigenvalue weighted by atomic mass is 10.4. The molecule has 0 unspecified atom stereocenters. The fourth-order valence-corrected chi connectivity index (χ4v) is 1.96. The van der Waals surface area contributed by atoms with E-state index < -0.39 is 0 Å². The molecule has 0 bridgehead atoms. The third-order valence-corrected chi connectivity index (χ3v) is 2.92. The highest BCUT2D eigenvalue weighted by Gasteiger charge is 2.06. The van der Waals surface area contributed by atoms with Crippen molar-refractivity contribution in [2.45, 2.75) is 19.9 Å². The number of aromatic nitrogens is 1. The highest BCUT2D eigenvalue weighted by atomic mass is 32.1. The van der Waals surface area contributed by atoms with Crippen LogP contribution in [0.3, 0.4) is 0 Å². The first kappa shape index (κ1) is 14.9. The lowest BCUT2D eigenvalue weighted by Crippen LogP contribution is -2.42. The largest absolute Gasteiger partial charge is 0.382 e. The van der Waals surface area contributed by atoms with Gasteiger partial charge in [0.05, 0.1) is 17.7 Å². The Balaban J connectivity index is 2.36. The Hall–Kier alpha value is -1.18. The van der Waals surface area contributed by atoms with Crippen LogP contribution in [-0.4, -0.2) is 42.6 Å². The molecule has 1 rings (SSSR count). The van der Waals surface area contributed by atoms with E-state index in [-0.39, 0.29) is 0 Å². The molecule has 0 aliphatic heterocycles. The number of guanidine groups is 1. The summed E-state index contributed by atoms with van der Waals surface area (Å²) in [6.45, 7) is 4.85. The summed E-state index contributed by atoms with van der Waals surface area (Å²) in [4.78, 5) is 10.6. The summed E-state index contributed by atoms with van der Waals surface area (Å²) < 4.78 is 5.25. The van der Waals surface area contributed by atoms with Gasteiger partial charge in [-0.25, -0.2) is 10.8 Å². The Labute approximate surface area is 112 Å². The number of ether oxygens (including phenoxy) is 1. The number of aliphatic imine (C=N–C) groups is 1. The smallest absolute Gasteiger partial charge is 0.208 e. The summed E-state index contributed by atoms with van der Waals surface area (Å²) in [7, 11) is 1.93. The molecular weight excluding hydrogens is 250 g/mol. The van der Waals surface area contributed by atoms with Gasteiger partial charge in [0.25, 0.3) is 0 Å². The van der Waals surface area contributed by atoms with Gasteiger partial charge < -0.3 is 9.64 Å². The van der Waals surface area contributed by atoms with Crippen LogP contribution in [0.15, 0.2) is 15.9 Å². The second-order valence-corrected chi connectivity index (χ2v) is 4.45. The van der Waals surface area contributed by atoms with Gasteiger partial charge in [0.1, 0.15) is 0 Å². The number of thiazole rings is 1. The minimum absolute atomic E-state index is 0.666. The zero-order valence-electron chi connectivity index (χ0n) is 10.9. The molecule has 0 radical (unpaired) electrons. The molecule has 0 atom stereocenters. The second kappa shape index (κ2) is 8.84. The number of nitrogens with two attached hydrogens (primary N) is 1. The van der Waals surface area contributed by atoms with E-state index in [1.54, 1.807) is 11.3 Å². The Kier molecular flexibility index (Phi) is 7.31. The van der Waals surface area contributed by atoms with E-state index in [2.05, 4.69) is 15.4 Å². The normalized spacial score (nSPS) is 11.6. The first-order chi connectivity index (χ1) is 8.77. The highest BCUT2D eigenvalue weighted by molar-refractivity contribution is 7.07. The molecular formula is C11H21N5OS. The van der Waals surface area contributed by atoms with Gasteiger partial charge in [-0.1, -0.05) is 0 Å². The summed E-state index contributed by atoms with van der Waals surface area (Å²) >= 11 is 1.58. The lowest BCUT2D eigenvalue weighted by molar-refractivity contribution is 0.146. The van der Waals surface area contributed by atoms with Gasteiger partial charge in [-0.05, 0) is 13.3 Å². The number of nitrogens with one attached hydrogen (secondary N) is 1. The van der Waals surface area contributed by atoms with Gasteiger partial charge >= 0.3 is 0 Å². The molecule has 1 aromatic heterocycles. The van der Waals surface area contributed by atoms with Crippen molar-refractivity contribution >= 4 is 17.3 Å². The molecule has 0 aromatic carbocycles. The van der Waals surface area contributed by atoms with Crippen molar-refractivity contribution in [2.24, 2.45) is 10.8 Å². The quantitative estimate of drug-likeness (QED) is 0.252. The third-order valence-electron chi connectivity index (χ3n) is 2.29. The van der Waals surface area contributed by atoms with Crippen LogP contribution in [0.25, 0.3) is 0 Å². The summed E-state index contributed by atoms with van der Waals surface area (Å²) in [6, 6.07) is 0. The number of hydrogen-bond donors (Lipinski definition) is 2. The van der Waals surface area contributed by atoms with Gasteiger partial charge in [-0.2, -0.15) is 0 Å².